The van der Waals surface area contributed by atoms with Gasteiger partial charge in [0.2, 0.25) is 5.91 Å². The highest BCUT2D eigenvalue weighted by atomic mass is 35.5. The lowest BCUT2D eigenvalue weighted by Crippen LogP contribution is -2.40. The first kappa shape index (κ1) is 14.2. The van der Waals surface area contributed by atoms with E-state index in [1.165, 1.54) is 0 Å². The Morgan fingerprint density at radius 1 is 1.33 bits per heavy atom. The van der Waals surface area contributed by atoms with E-state index >= 15 is 0 Å². The Bertz CT molecular complexity index is 698. The maximum Gasteiger partial charge on any atom is 0.246 e. The summed E-state index contributed by atoms with van der Waals surface area (Å²) in [6.45, 7) is 2.48. The second-order valence-corrected chi connectivity index (χ2v) is 5.73. The second-order valence-electron chi connectivity index (χ2n) is 4.91. The van der Waals surface area contributed by atoms with Gasteiger partial charge in [0.15, 0.2) is 0 Å². The molecule has 1 aromatic heterocycles. The van der Waals surface area contributed by atoms with Gasteiger partial charge in [-0.3, -0.25) is 4.79 Å². The number of aromatic nitrogens is 1. The number of pyridine rings is 1. The smallest absolute Gasteiger partial charge is 0.246 e. The first-order valence-electron chi connectivity index (χ1n) is 6.50. The number of rotatable bonds is 2. The summed E-state index contributed by atoms with van der Waals surface area (Å²) < 4.78 is 0. The summed E-state index contributed by atoms with van der Waals surface area (Å²) in [5, 5.41) is 4.12. The summed E-state index contributed by atoms with van der Waals surface area (Å²) in [5.41, 5.74) is 2.48. The molecule has 2 aromatic rings. The zero-order valence-electron chi connectivity index (χ0n) is 11.4. The molecular formula is C15H13Cl2N3O. The van der Waals surface area contributed by atoms with Gasteiger partial charge in [-0.05, 0) is 30.7 Å². The molecule has 108 valence electrons. The molecule has 3 rings (SSSR count). The van der Waals surface area contributed by atoms with E-state index in [1.54, 1.807) is 29.3 Å². The van der Waals surface area contributed by atoms with Crippen LogP contribution < -0.4 is 10.2 Å². The molecule has 1 amide bonds. The maximum absolute atomic E-state index is 12.2. The van der Waals surface area contributed by atoms with Gasteiger partial charge in [-0.2, -0.15) is 0 Å². The number of fused-ring (bicyclic) bond motifs is 1. The minimum atomic E-state index is -0.0362. The van der Waals surface area contributed by atoms with Crippen LogP contribution in [0.2, 0.25) is 10.0 Å². The van der Waals surface area contributed by atoms with Crippen LogP contribution >= 0.6 is 23.2 Å². The van der Waals surface area contributed by atoms with E-state index in [-0.39, 0.29) is 12.5 Å². The molecule has 0 atom stereocenters. The highest BCUT2D eigenvalue weighted by Gasteiger charge is 2.26. The van der Waals surface area contributed by atoms with Gasteiger partial charge < -0.3 is 10.2 Å². The summed E-state index contributed by atoms with van der Waals surface area (Å²) in [6, 6.07) is 7.25. The van der Waals surface area contributed by atoms with E-state index in [0.717, 1.165) is 16.8 Å². The predicted octanol–water partition coefficient (Wildman–Crippen LogP) is 3.66. The van der Waals surface area contributed by atoms with Crippen LogP contribution in [-0.4, -0.2) is 17.4 Å². The van der Waals surface area contributed by atoms with Gasteiger partial charge in [0.25, 0.3) is 0 Å². The van der Waals surface area contributed by atoms with Crippen LogP contribution in [0.4, 0.5) is 11.5 Å². The first-order chi connectivity index (χ1) is 10.1. The Morgan fingerprint density at radius 2 is 2.05 bits per heavy atom. The Balaban J connectivity index is 2.03. The van der Waals surface area contributed by atoms with Crippen molar-refractivity contribution in [1.82, 2.24) is 4.98 Å². The van der Waals surface area contributed by atoms with E-state index in [0.29, 0.717) is 22.4 Å². The SMILES string of the molecule is Cc1cnc2c(c1)N(Cc1c(Cl)cccc1Cl)C(=O)CN2. The third-order valence-corrected chi connectivity index (χ3v) is 4.09. The first-order valence-corrected chi connectivity index (χ1v) is 7.25. The molecule has 1 aliphatic rings. The number of benzene rings is 1. The standard InChI is InChI=1S/C15H13Cl2N3O/c1-9-5-13-15(18-6-9)19-7-14(21)20(13)8-10-11(16)3-2-4-12(10)17/h2-6H,7-8H2,1H3,(H,18,19). The lowest BCUT2D eigenvalue weighted by Gasteiger charge is -2.30. The summed E-state index contributed by atoms with van der Waals surface area (Å²) in [4.78, 5) is 18.2. The van der Waals surface area contributed by atoms with E-state index in [2.05, 4.69) is 10.3 Å². The van der Waals surface area contributed by atoms with Gasteiger partial charge in [-0.25, -0.2) is 4.98 Å². The Hall–Kier alpha value is -1.78. The van der Waals surface area contributed by atoms with Crippen molar-refractivity contribution in [2.75, 3.05) is 16.8 Å². The molecule has 6 heteroatoms. The summed E-state index contributed by atoms with van der Waals surface area (Å²) in [6.07, 6.45) is 1.77. The van der Waals surface area contributed by atoms with Gasteiger partial charge in [-0.1, -0.05) is 29.3 Å². The Kier molecular flexibility index (Phi) is 3.74. The molecule has 2 heterocycles. The molecule has 0 saturated heterocycles. The molecule has 0 radical (unpaired) electrons. The third-order valence-electron chi connectivity index (χ3n) is 3.38. The van der Waals surface area contributed by atoms with Crippen LogP contribution in [0.25, 0.3) is 0 Å². The summed E-state index contributed by atoms with van der Waals surface area (Å²) in [7, 11) is 0. The van der Waals surface area contributed by atoms with Gasteiger partial charge in [0, 0.05) is 21.8 Å². The van der Waals surface area contributed by atoms with E-state index < -0.39 is 0 Å². The Morgan fingerprint density at radius 3 is 2.76 bits per heavy atom. The fourth-order valence-corrected chi connectivity index (χ4v) is 2.82. The van der Waals surface area contributed by atoms with E-state index in [1.807, 2.05) is 13.0 Å². The van der Waals surface area contributed by atoms with E-state index in [4.69, 9.17) is 23.2 Å². The van der Waals surface area contributed by atoms with Crippen molar-refractivity contribution in [3.8, 4) is 0 Å². The van der Waals surface area contributed by atoms with Crippen LogP contribution in [0.1, 0.15) is 11.1 Å². The molecule has 0 saturated carbocycles. The van der Waals surface area contributed by atoms with Crippen molar-refractivity contribution in [3.05, 3.63) is 51.6 Å². The zero-order chi connectivity index (χ0) is 15.0. The number of anilines is 2. The topological polar surface area (TPSA) is 45.2 Å². The minimum Gasteiger partial charge on any atom is -0.359 e. The molecule has 1 aromatic carbocycles. The fourth-order valence-electron chi connectivity index (χ4n) is 2.30. The molecular weight excluding hydrogens is 309 g/mol. The van der Waals surface area contributed by atoms with Crippen molar-refractivity contribution < 1.29 is 4.79 Å². The molecule has 0 spiro atoms. The number of amides is 1. The number of hydrogen-bond donors (Lipinski definition) is 1. The highest BCUT2D eigenvalue weighted by Crippen LogP contribution is 2.32. The van der Waals surface area contributed by atoms with Crippen molar-refractivity contribution in [1.29, 1.82) is 0 Å². The summed E-state index contributed by atoms with van der Waals surface area (Å²) in [5.74, 6) is 0.661. The predicted molar refractivity (Wildman–Crippen MR) is 85.1 cm³/mol. The second kappa shape index (κ2) is 5.54. The molecule has 1 aliphatic heterocycles. The molecule has 4 nitrogen and oxygen atoms in total. The summed E-state index contributed by atoms with van der Waals surface area (Å²) >= 11 is 12.4. The lowest BCUT2D eigenvalue weighted by molar-refractivity contribution is -0.117. The monoisotopic (exact) mass is 321 g/mol. The molecule has 0 fully saturated rings. The number of nitrogens with one attached hydrogen (secondary N) is 1. The highest BCUT2D eigenvalue weighted by molar-refractivity contribution is 6.36. The molecule has 0 bridgehead atoms. The average molecular weight is 322 g/mol. The number of hydrogen-bond acceptors (Lipinski definition) is 3. The van der Waals surface area contributed by atoms with Crippen molar-refractivity contribution in [3.63, 3.8) is 0 Å². The molecule has 1 N–H and O–H groups in total. The van der Waals surface area contributed by atoms with Crippen LogP contribution in [-0.2, 0) is 11.3 Å². The number of aryl methyl sites for hydroxylation is 1. The molecule has 0 unspecified atom stereocenters. The fraction of sp³-hybridized carbons (Fsp3) is 0.200. The molecule has 0 aliphatic carbocycles. The van der Waals surface area contributed by atoms with Crippen molar-refractivity contribution in [2.24, 2.45) is 0 Å². The van der Waals surface area contributed by atoms with Crippen molar-refractivity contribution >= 4 is 40.6 Å². The lowest BCUT2D eigenvalue weighted by atomic mass is 10.1. The van der Waals surface area contributed by atoms with Crippen LogP contribution in [0.15, 0.2) is 30.5 Å². The average Bonchev–Trinajstić information content (AvgIpc) is 2.45. The van der Waals surface area contributed by atoms with Gasteiger partial charge in [-0.15, -0.1) is 0 Å². The number of halogens is 2. The van der Waals surface area contributed by atoms with Gasteiger partial charge in [0.1, 0.15) is 5.82 Å². The van der Waals surface area contributed by atoms with Crippen LogP contribution in [0, 0.1) is 6.92 Å². The number of carbonyl (C=O) groups is 1. The quantitative estimate of drug-likeness (QED) is 0.918. The number of carbonyl (C=O) groups excluding carboxylic acids is 1. The van der Waals surface area contributed by atoms with Crippen molar-refractivity contribution in [2.45, 2.75) is 13.5 Å². The normalized spacial score (nSPS) is 13.9. The van der Waals surface area contributed by atoms with Gasteiger partial charge >= 0.3 is 0 Å². The Labute approximate surface area is 132 Å². The molecule has 21 heavy (non-hydrogen) atoms. The minimum absolute atomic E-state index is 0.0362. The van der Waals surface area contributed by atoms with Crippen LogP contribution in [0.5, 0.6) is 0 Å². The van der Waals surface area contributed by atoms with Crippen LogP contribution in [0.3, 0.4) is 0 Å². The maximum atomic E-state index is 12.2. The number of nitrogens with zero attached hydrogens (tertiary/aromatic N) is 2. The van der Waals surface area contributed by atoms with Gasteiger partial charge in [0.05, 0.1) is 18.8 Å². The third kappa shape index (κ3) is 2.69. The largest absolute Gasteiger partial charge is 0.359 e. The zero-order valence-corrected chi connectivity index (χ0v) is 12.9. The van der Waals surface area contributed by atoms with E-state index in [9.17, 15) is 4.79 Å².